The van der Waals surface area contributed by atoms with E-state index in [1.807, 2.05) is 13.8 Å². The van der Waals surface area contributed by atoms with Crippen LogP contribution in [0.1, 0.15) is 63.1 Å². The van der Waals surface area contributed by atoms with Crippen molar-refractivity contribution in [3.05, 3.63) is 29.3 Å². The average Bonchev–Trinajstić information content (AvgIpc) is 2.47. The van der Waals surface area contributed by atoms with Crippen LogP contribution in [0, 0.1) is 16.7 Å². The van der Waals surface area contributed by atoms with E-state index < -0.39 is 0 Å². The van der Waals surface area contributed by atoms with Crippen LogP contribution in [0.5, 0.6) is 5.75 Å². The molecular formula is C18H26N2O. The van der Waals surface area contributed by atoms with Crippen molar-refractivity contribution in [2.24, 2.45) is 11.1 Å². The third kappa shape index (κ3) is 4.47. The molecule has 114 valence electrons. The summed E-state index contributed by atoms with van der Waals surface area (Å²) < 4.78 is 5.83. The number of rotatable bonds is 6. The van der Waals surface area contributed by atoms with Gasteiger partial charge in [0.25, 0.3) is 0 Å². The van der Waals surface area contributed by atoms with Gasteiger partial charge in [0.1, 0.15) is 5.75 Å². The van der Waals surface area contributed by atoms with Crippen molar-refractivity contribution in [3.63, 3.8) is 0 Å². The summed E-state index contributed by atoms with van der Waals surface area (Å²) in [5.41, 5.74) is 8.57. The number of aryl methyl sites for hydroxylation is 1. The minimum absolute atomic E-state index is 0.161. The van der Waals surface area contributed by atoms with Gasteiger partial charge in [-0.15, -0.1) is 0 Å². The SMILES string of the molecule is CC(C)(C#N)CCCCOc1ccc2c(c1)[C@@H](N)CCC2. The number of hydrogen-bond acceptors (Lipinski definition) is 3. The van der Waals surface area contributed by atoms with Crippen molar-refractivity contribution < 1.29 is 4.74 Å². The number of nitrogens with zero attached hydrogens (tertiary/aromatic N) is 1. The van der Waals surface area contributed by atoms with Crippen LogP contribution in [0.15, 0.2) is 18.2 Å². The van der Waals surface area contributed by atoms with Crippen LogP contribution in [0.2, 0.25) is 0 Å². The van der Waals surface area contributed by atoms with Gasteiger partial charge in [0.15, 0.2) is 0 Å². The van der Waals surface area contributed by atoms with Crippen molar-refractivity contribution in [1.82, 2.24) is 0 Å². The maximum absolute atomic E-state index is 8.97. The second-order valence-corrected chi connectivity index (χ2v) is 6.66. The fraction of sp³-hybridized carbons (Fsp3) is 0.611. The first-order valence-electron chi connectivity index (χ1n) is 7.94. The van der Waals surface area contributed by atoms with E-state index in [4.69, 9.17) is 15.7 Å². The molecule has 2 rings (SSSR count). The van der Waals surface area contributed by atoms with E-state index in [1.165, 1.54) is 17.5 Å². The first-order chi connectivity index (χ1) is 10.0. The number of unbranched alkanes of at least 4 members (excludes halogenated alkanes) is 1. The molecule has 0 aliphatic heterocycles. The molecule has 0 heterocycles. The molecule has 1 atom stereocenters. The van der Waals surface area contributed by atoms with Gasteiger partial charge in [-0.2, -0.15) is 5.26 Å². The fourth-order valence-electron chi connectivity index (χ4n) is 2.82. The normalized spacial score (nSPS) is 17.9. The largest absolute Gasteiger partial charge is 0.494 e. The summed E-state index contributed by atoms with van der Waals surface area (Å²) >= 11 is 0. The van der Waals surface area contributed by atoms with Crippen LogP contribution >= 0.6 is 0 Å². The molecule has 1 aliphatic rings. The molecule has 3 heteroatoms. The van der Waals surface area contributed by atoms with Gasteiger partial charge >= 0.3 is 0 Å². The van der Waals surface area contributed by atoms with Gasteiger partial charge in [0.05, 0.1) is 18.1 Å². The highest BCUT2D eigenvalue weighted by atomic mass is 16.5. The average molecular weight is 286 g/mol. The standard InChI is InChI=1S/C18H26N2O/c1-18(2,13-19)10-3-4-11-21-15-9-8-14-6-5-7-17(20)16(14)12-15/h8-9,12,17H,3-7,10-11,20H2,1-2H3/t17-/m0/s1. The third-order valence-electron chi connectivity index (χ3n) is 4.25. The topological polar surface area (TPSA) is 59.0 Å². The number of benzene rings is 1. The lowest BCUT2D eigenvalue weighted by Crippen LogP contribution is -2.17. The number of ether oxygens (including phenoxy) is 1. The van der Waals surface area contributed by atoms with Gasteiger partial charge in [-0.05, 0) is 75.6 Å². The summed E-state index contributed by atoms with van der Waals surface area (Å²) in [6, 6.07) is 8.81. The Hall–Kier alpha value is -1.53. The van der Waals surface area contributed by atoms with E-state index in [2.05, 4.69) is 24.3 Å². The molecule has 0 bridgehead atoms. The van der Waals surface area contributed by atoms with E-state index in [0.29, 0.717) is 6.61 Å². The van der Waals surface area contributed by atoms with Crippen molar-refractivity contribution in [2.75, 3.05) is 6.61 Å². The van der Waals surface area contributed by atoms with Crippen LogP contribution in [0.3, 0.4) is 0 Å². The predicted octanol–water partition coefficient (Wildman–Crippen LogP) is 4.12. The van der Waals surface area contributed by atoms with Crippen molar-refractivity contribution in [3.8, 4) is 11.8 Å². The molecule has 0 fully saturated rings. The lowest BCUT2D eigenvalue weighted by Gasteiger charge is -2.22. The molecule has 0 aromatic heterocycles. The monoisotopic (exact) mass is 286 g/mol. The van der Waals surface area contributed by atoms with E-state index in [1.54, 1.807) is 0 Å². The number of hydrogen-bond donors (Lipinski definition) is 1. The minimum atomic E-state index is -0.224. The molecule has 1 aliphatic carbocycles. The lowest BCUT2D eigenvalue weighted by molar-refractivity contribution is 0.294. The van der Waals surface area contributed by atoms with Crippen LogP contribution in [-0.4, -0.2) is 6.61 Å². The van der Waals surface area contributed by atoms with Crippen molar-refractivity contribution >= 4 is 0 Å². The van der Waals surface area contributed by atoms with Crippen LogP contribution in [0.4, 0.5) is 0 Å². The number of fused-ring (bicyclic) bond motifs is 1. The summed E-state index contributed by atoms with van der Waals surface area (Å²) in [5, 5.41) is 8.97. The molecule has 0 saturated carbocycles. The molecule has 21 heavy (non-hydrogen) atoms. The molecule has 1 aromatic carbocycles. The summed E-state index contributed by atoms with van der Waals surface area (Å²) in [6.07, 6.45) is 6.30. The van der Waals surface area contributed by atoms with Crippen LogP contribution in [0.25, 0.3) is 0 Å². The molecule has 0 spiro atoms. The summed E-state index contributed by atoms with van der Waals surface area (Å²) in [4.78, 5) is 0. The quantitative estimate of drug-likeness (QED) is 0.800. The highest BCUT2D eigenvalue weighted by Crippen LogP contribution is 2.31. The van der Waals surface area contributed by atoms with E-state index in [0.717, 1.165) is 37.9 Å². The molecule has 2 N–H and O–H groups in total. The second kappa shape index (κ2) is 6.95. The smallest absolute Gasteiger partial charge is 0.119 e. The maximum Gasteiger partial charge on any atom is 0.119 e. The Labute approximate surface area is 128 Å². The summed E-state index contributed by atoms with van der Waals surface area (Å²) in [7, 11) is 0. The van der Waals surface area contributed by atoms with Crippen LogP contribution < -0.4 is 10.5 Å². The Morgan fingerprint density at radius 2 is 2.19 bits per heavy atom. The molecule has 1 aromatic rings. The van der Waals surface area contributed by atoms with Crippen molar-refractivity contribution in [2.45, 2.75) is 58.4 Å². The van der Waals surface area contributed by atoms with Gasteiger partial charge < -0.3 is 10.5 Å². The second-order valence-electron chi connectivity index (χ2n) is 6.66. The first-order valence-corrected chi connectivity index (χ1v) is 7.94. The number of nitriles is 1. The van der Waals surface area contributed by atoms with E-state index in [9.17, 15) is 0 Å². The van der Waals surface area contributed by atoms with Gasteiger partial charge in [-0.25, -0.2) is 0 Å². The Balaban J connectivity index is 1.79. The third-order valence-corrected chi connectivity index (χ3v) is 4.25. The Morgan fingerprint density at radius 3 is 2.95 bits per heavy atom. The fourth-order valence-corrected chi connectivity index (χ4v) is 2.82. The Kier molecular flexibility index (Phi) is 5.25. The van der Waals surface area contributed by atoms with Gasteiger partial charge in [0, 0.05) is 6.04 Å². The molecule has 3 nitrogen and oxygen atoms in total. The summed E-state index contributed by atoms with van der Waals surface area (Å²) in [5.74, 6) is 0.922. The predicted molar refractivity (Wildman–Crippen MR) is 85.0 cm³/mol. The van der Waals surface area contributed by atoms with E-state index >= 15 is 0 Å². The molecule has 0 amide bonds. The molecular weight excluding hydrogens is 260 g/mol. The molecule has 0 radical (unpaired) electrons. The number of nitrogens with two attached hydrogens (primary N) is 1. The van der Waals surface area contributed by atoms with E-state index in [-0.39, 0.29) is 11.5 Å². The Morgan fingerprint density at radius 1 is 1.38 bits per heavy atom. The van der Waals surface area contributed by atoms with Gasteiger partial charge in [-0.1, -0.05) is 6.07 Å². The van der Waals surface area contributed by atoms with Crippen LogP contribution in [-0.2, 0) is 6.42 Å². The zero-order valence-electron chi connectivity index (χ0n) is 13.2. The summed E-state index contributed by atoms with van der Waals surface area (Å²) in [6.45, 7) is 4.67. The van der Waals surface area contributed by atoms with Gasteiger partial charge in [-0.3, -0.25) is 0 Å². The van der Waals surface area contributed by atoms with Gasteiger partial charge in [0.2, 0.25) is 0 Å². The van der Waals surface area contributed by atoms with Crippen molar-refractivity contribution in [1.29, 1.82) is 5.26 Å². The highest BCUT2D eigenvalue weighted by molar-refractivity contribution is 5.39. The zero-order valence-corrected chi connectivity index (χ0v) is 13.2. The molecule has 0 saturated heterocycles. The maximum atomic E-state index is 8.97. The highest BCUT2D eigenvalue weighted by Gasteiger charge is 2.17. The minimum Gasteiger partial charge on any atom is -0.494 e. The Bertz CT molecular complexity index is 516. The molecule has 0 unspecified atom stereocenters. The zero-order chi connectivity index (χ0) is 15.3. The first kappa shape index (κ1) is 15.9. The lowest BCUT2D eigenvalue weighted by atomic mass is 9.88.